The highest BCUT2D eigenvalue weighted by atomic mass is 16.4. The van der Waals surface area contributed by atoms with Crippen molar-refractivity contribution in [2.24, 2.45) is 5.41 Å². The summed E-state index contributed by atoms with van der Waals surface area (Å²) in [4.78, 5) is 11.3. The molecule has 1 N–H and O–H groups in total. The van der Waals surface area contributed by atoms with Gasteiger partial charge in [-0.3, -0.25) is 4.79 Å². The van der Waals surface area contributed by atoms with Crippen LogP contribution in [0.3, 0.4) is 0 Å². The van der Waals surface area contributed by atoms with Crippen LogP contribution in [0.5, 0.6) is 0 Å². The van der Waals surface area contributed by atoms with E-state index in [1.54, 1.807) is 13.8 Å². The molecule has 1 aromatic carbocycles. The van der Waals surface area contributed by atoms with E-state index in [2.05, 4.69) is 30.5 Å². The molecule has 0 bridgehead atoms. The van der Waals surface area contributed by atoms with Crippen LogP contribution in [0.1, 0.15) is 32.0 Å². The summed E-state index contributed by atoms with van der Waals surface area (Å²) in [5, 5.41) is 10.5. The highest BCUT2D eigenvalue weighted by Gasteiger charge is 2.28. The molecule has 102 valence electrons. The van der Waals surface area contributed by atoms with Crippen molar-refractivity contribution in [2.75, 3.05) is 0 Å². The lowest BCUT2D eigenvalue weighted by atomic mass is 9.85. The molecule has 0 aliphatic rings. The summed E-state index contributed by atoms with van der Waals surface area (Å²) in [5.74, 6) is -0.754. The Morgan fingerprint density at radius 1 is 1.37 bits per heavy atom. The van der Waals surface area contributed by atoms with Crippen LogP contribution in [0.2, 0.25) is 0 Å². The molecule has 2 rings (SSSR count). The standard InChI is InChI=1S/C16H21NO2/c1-5-17-11(2)9-12-7-6-8-13(14(12)17)10-16(3,4)15(18)19/h6-9H,5,10H2,1-4H3,(H,18,19). The van der Waals surface area contributed by atoms with E-state index in [4.69, 9.17) is 0 Å². The van der Waals surface area contributed by atoms with E-state index in [9.17, 15) is 9.90 Å². The van der Waals surface area contributed by atoms with Crippen LogP contribution in [0.4, 0.5) is 0 Å². The van der Waals surface area contributed by atoms with Crippen LogP contribution in [0.15, 0.2) is 24.3 Å². The molecule has 3 heteroatoms. The Bertz CT molecular complexity index is 623. The summed E-state index contributed by atoms with van der Waals surface area (Å²) in [6.45, 7) is 8.67. The summed E-state index contributed by atoms with van der Waals surface area (Å²) < 4.78 is 2.25. The molecular weight excluding hydrogens is 238 g/mol. The van der Waals surface area contributed by atoms with Gasteiger partial charge in [-0.2, -0.15) is 0 Å². The van der Waals surface area contributed by atoms with E-state index < -0.39 is 11.4 Å². The Labute approximate surface area is 113 Å². The van der Waals surface area contributed by atoms with Gasteiger partial charge in [0.2, 0.25) is 0 Å². The molecular formula is C16H21NO2. The largest absolute Gasteiger partial charge is 0.481 e. The average molecular weight is 259 g/mol. The molecule has 2 aromatic rings. The van der Waals surface area contributed by atoms with Crippen LogP contribution >= 0.6 is 0 Å². The van der Waals surface area contributed by atoms with Gasteiger partial charge in [-0.1, -0.05) is 18.2 Å². The van der Waals surface area contributed by atoms with Crippen LogP contribution in [-0.4, -0.2) is 15.6 Å². The number of carbonyl (C=O) groups is 1. The van der Waals surface area contributed by atoms with Crippen molar-refractivity contribution in [2.45, 2.75) is 40.7 Å². The molecule has 3 nitrogen and oxygen atoms in total. The lowest BCUT2D eigenvalue weighted by Crippen LogP contribution is -2.26. The summed E-state index contributed by atoms with van der Waals surface area (Å²) in [7, 11) is 0. The topological polar surface area (TPSA) is 42.2 Å². The van der Waals surface area contributed by atoms with Crippen molar-refractivity contribution in [3.05, 3.63) is 35.5 Å². The maximum absolute atomic E-state index is 11.3. The van der Waals surface area contributed by atoms with E-state index in [1.165, 1.54) is 16.6 Å². The van der Waals surface area contributed by atoms with Gasteiger partial charge in [0.15, 0.2) is 0 Å². The second kappa shape index (κ2) is 4.72. The Morgan fingerprint density at radius 2 is 2.05 bits per heavy atom. The van der Waals surface area contributed by atoms with Crippen LogP contribution in [0, 0.1) is 12.3 Å². The molecule has 0 aliphatic carbocycles. The number of hydrogen-bond donors (Lipinski definition) is 1. The number of aliphatic carboxylic acids is 1. The Morgan fingerprint density at radius 3 is 2.63 bits per heavy atom. The van der Waals surface area contributed by atoms with Gasteiger partial charge in [0.05, 0.1) is 10.9 Å². The third-order valence-corrected chi connectivity index (χ3v) is 3.74. The van der Waals surface area contributed by atoms with Crippen molar-refractivity contribution in [1.82, 2.24) is 4.57 Å². The molecule has 19 heavy (non-hydrogen) atoms. The second-order valence-corrected chi connectivity index (χ2v) is 5.75. The summed E-state index contributed by atoms with van der Waals surface area (Å²) in [6.07, 6.45) is 0.545. The molecule has 1 aromatic heterocycles. The molecule has 0 saturated carbocycles. The third-order valence-electron chi connectivity index (χ3n) is 3.74. The van der Waals surface area contributed by atoms with Gasteiger partial charge >= 0.3 is 5.97 Å². The van der Waals surface area contributed by atoms with Crippen molar-refractivity contribution in [1.29, 1.82) is 0 Å². The Hall–Kier alpha value is -1.77. The fourth-order valence-electron chi connectivity index (χ4n) is 2.64. The quantitative estimate of drug-likeness (QED) is 0.911. The van der Waals surface area contributed by atoms with E-state index in [0.29, 0.717) is 6.42 Å². The van der Waals surface area contributed by atoms with Gasteiger partial charge in [-0.15, -0.1) is 0 Å². The third kappa shape index (κ3) is 2.37. The predicted molar refractivity (Wildman–Crippen MR) is 77.5 cm³/mol. The number of rotatable bonds is 4. The second-order valence-electron chi connectivity index (χ2n) is 5.75. The highest BCUT2D eigenvalue weighted by Crippen LogP contribution is 2.29. The molecule has 0 aliphatic heterocycles. The van der Waals surface area contributed by atoms with Gasteiger partial charge in [-0.25, -0.2) is 0 Å². The molecule has 0 amide bonds. The number of aryl methyl sites for hydroxylation is 2. The van der Waals surface area contributed by atoms with Crippen LogP contribution in [0.25, 0.3) is 10.9 Å². The van der Waals surface area contributed by atoms with Crippen molar-refractivity contribution in [3.8, 4) is 0 Å². The lowest BCUT2D eigenvalue weighted by molar-refractivity contribution is -0.146. The monoisotopic (exact) mass is 259 g/mol. The number of benzene rings is 1. The van der Waals surface area contributed by atoms with E-state index in [-0.39, 0.29) is 0 Å². The zero-order valence-corrected chi connectivity index (χ0v) is 12.0. The van der Waals surface area contributed by atoms with Gasteiger partial charge in [-0.05, 0) is 45.7 Å². The highest BCUT2D eigenvalue weighted by molar-refractivity contribution is 5.85. The molecule has 0 radical (unpaired) electrons. The van der Waals surface area contributed by atoms with Crippen molar-refractivity contribution < 1.29 is 9.90 Å². The molecule has 0 atom stereocenters. The Balaban J connectivity index is 2.58. The van der Waals surface area contributed by atoms with E-state index in [1.807, 2.05) is 12.1 Å². The minimum atomic E-state index is -0.754. The maximum Gasteiger partial charge on any atom is 0.309 e. The first-order valence-electron chi connectivity index (χ1n) is 6.68. The molecule has 0 unspecified atom stereocenters. The number of nitrogens with zero attached hydrogens (tertiary/aromatic N) is 1. The first-order valence-corrected chi connectivity index (χ1v) is 6.68. The summed E-state index contributed by atoms with van der Waals surface area (Å²) in [6, 6.07) is 8.30. The normalized spacial score (nSPS) is 12.0. The molecule has 0 fully saturated rings. The lowest BCUT2D eigenvalue weighted by Gasteiger charge is -2.20. The van der Waals surface area contributed by atoms with Gasteiger partial charge in [0, 0.05) is 17.6 Å². The smallest absolute Gasteiger partial charge is 0.309 e. The number of aromatic nitrogens is 1. The molecule has 0 spiro atoms. The number of carboxylic acid groups (broad SMARTS) is 1. The minimum absolute atomic E-state index is 0.545. The fraction of sp³-hybridized carbons (Fsp3) is 0.438. The first-order chi connectivity index (χ1) is 8.86. The molecule has 1 heterocycles. The minimum Gasteiger partial charge on any atom is -0.481 e. The fourth-order valence-corrected chi connectivity index (χ4v) is 2.64. The van der Waals surface area contributed by atoms with Crippen molar-refractivity contribution >= 4 is 16.9 Å². The predicted octanol–water partition coefficient (Wildman–Crippen LogP) is 3.62. The van der Waals surface area contributed by atoms with E-state index in [0.717, 1.165) is 12.1 Å². The first kappa shape index (κ1) is 13.7. The van der Waals surface area contributed by atoms with E-state index >= 15 is 0 Å². The zero-order chi connectivity index (χ0) is 14.2. The summed E-state index contributed by atoms with van der Waals surface area (Å²) >= 11 is 0. The Kier molecular flexibility index (Phi) is 3.40. The zero-order valence-electron chi connectivity index (χ0n) is 12.0. The van der Waals surface area contributed by atoms with Gasteiger partial charge in [0.25, 0.3) is 0 Å². The van der Waals surface area contributed by atoms with Gasteiger partial charge < -0.3 is 9.67 Å². The van der Waals surface area contributed by atoms with Crippen molar-refractivity contribution in [3.63, 3.8) is 0 Å². The number of para-hydroxylation sites is 1. The molecule has 0 saturated heterocycles. The number of carboxylic acids is 1. The summed E-state index contributed by atoms with van der Waals surface area (Å²) in [5.41, 5.74) is 2.76. The average Bonchev–Trinajstić information content (AvgIpc) is 2.65. The SMILES string of the molecule is CCn1c(C)cc2cccc(CC(C)(C)C(=O)O)c21. The van der Waals surface area contributed by atoms with Gasteiger partial charge in [0.1, 0.15) is 0 Å². The number of hydrogen-bond acceptors (Lipinski definition) is 1. The van der Waals surface area contributed by atoms with Crippen LogP contribution < -0.4 is 0 Å². The maximum atomic E-state index is 11.3. The number of fused-ring (bicyclic) bond motifs is 1. The van der Waals surface area contributed by atoms with Crippen LogP contribution in [-0.2, 0) is 17.8 Å².